The second-order valence-corrected chi connectivity index (χ2v) is 12.2. The Morgan fingerprint density at radius 2 is 1.79 bits per heavy atom. The molecule has 5 N–H and O–H groups in total. The van der Waals surface area contributed by atoms with E-state index in [1.165, 1.54) is 30.5 Å². The van der Waals surface area contributed by atoms with Crippen LogP contribution in [-0.4, -0.2) is 58.8 Å². The molecule has 0 bridgehead atoms. The van der Waals surface area contributed by atoms with Crippen LogP contribution in [0.1, 0.15) is 70.4 Å². The summed E-state index contributed by atoms with van der Waals surface area (Å²) >= 11 is 0. The number of aromatic amines is 1. The lowest BCUT2D eigenvalue weighted by atomic mass is 9.81. The van der Waals surface area contributed by atoms with Crippen molar-refractivity contribution >= 4 is 23.3 Å². The number of amidine groups is 1. The molecule has 2 saturated heterocycles. The summed E-state index contributed by atoms with van der Waals surface area (Å²) in [7, 11) is 0. The molecule has 2 fully saturated rings. The Balaban J connectivity index is 1.52. The molecule has 1 atom stereocenters. The monoisotopic (exact) mass is 601 g/mol. The van der Waals surface area contributed by atoms with Gasteiger partial charge >= 0.3 is 12.3 Å². The number of halogens is 3. The third kappa shape index (κ3) is 7.13. The number of anilines is 2. The average Bonchev–Trinajstić information content (AvgIpc) is 2.93. The molecular formula is C30H38F3N7O3. The molecule has 232 valence electrons. The first-order valence-corrected chi connectivity index (χ1v) is 14.3. The molecule has 13 heteroatoms. The number of carbonyl (C=O) groups is 1. The van der Waals surface area contributed by atoms with Crippen molar-refractivity contribution in [1.82, 2.24) is 15.2 Å². The maximum absolute atomic E-state index is 14.1. The normalized spacial score (nSPS) is 20.5. The fraction of sp³-hybridized carbons (Fsp3) is 0.533. The van der Waals surface area contributed by atoms with Gasteiger partial charge in [0.05, 0.1) is 23.7 Å². The maximum Gasteiger partial charge on any atom is 0.410 e. The van der Waals surface area contributed by atoms with Crippen molar-refractivity contribution in [3.05, 3.63) is 58.0 Å². The molecule has 2 aliphatic heterocycles. The quantitative estimate of drug-likeness (QED) is 0.219. The molecule has 2 aromatic rings. The van der Waals surface area contributed by atoms with Gasteiger partial charge in [0.1, 0.15) is 22.5 Å². The summed E-state index contributed by atoms with van der Waals surface area (Å²) in [5.74, 6) is -0.267. The minimum Gasteiger partial charge on any atom is -0.444 e. The first-order chi connectivity index (χ1) is 20.2. The van der Waals surface area contributed by atoms with Crippen LogP contribution in [0, 0.1) is 16.7 Å². The van der Waals surface area contributed by atoms with Gasteiger partial charge in [0.15, 0.2) is 0 Å². The summed E-state index contributed by atoms with van der Waals surface area (Å²) in [5, 5.41) is 27.1. The van der Waals surface area contributed by atoms with Gasteiger partial charge in [-0.1, -0.05) is 12.1 Å². The number of carbonyl (C=O) groups excluding carboxylic acids is 1. The van der Waals surface area contributed by atoms with Gasteiger partial charge in [-0.2, -0.15) is 18.4 Å². The van der Waals surface area contributed by atoms with Gasteiger partial charge in [-0.3, -0.25) is 15.5 Å². The minimum atomic E-state index is -4.48. The largest absolute Gasteiger partial charge is 0.444 e. The van der Waals surface area contributed by atoms with E-state index in [1.54, 1.807) is 31.7 Å². The molecule has 1 aromatic heterocycles. The Kier molecular flexibility index (Phi) is 9.11. The van der Waals surface area contributed by atoms with E-state index in [9.17, 15) is 28.0 Å². The molecule has 43 heavy (non-hydrogen) atoms. The van der Waals surface area contributed by atoms with E-state index >= 15 is 0 Å². The van der Waals surface area contributed by atoms with Gasteiger partial charge in [0, 0.05) is 25.0 Å². The second-order valence-electron chi connectivity index (χ2n) is 12.2. The number of hydrogen-bond donors (Lipinski definition) is 5. The molecular weight excluding hydrogens is 563 g/mol. The molecule has 1 unspecified atom stereocenters. The summed E-state index contributed by atoms with van der Waals surface area (Å²) in [4.78, 5) is 29.6. The van der Waals surface area contributed by atoms with Crippen LogP contribution in [0.15, 0.2) is 41.3 Å². The summed E-state index contributed by atoms with van der Waals surface area (Å²) in [6.07, 6.45) is -1.51. The molecule has 2 aliphatic rings. The van der Waals surface area contributed by atoms with Crippen molar-refractivity contribution < 1.29 is 22.7 Å². The number of H-pyrrole nitrogens is 1. The summed E-state index contributed by atoms with van der Waals surface area (Å²) in [6.45, 7) is 6.29. The summed E-state index contributed by atoms with van der Waals surface area (Å²) in [6, 6.07) is 9.48. The van der Waals surface area contributed by atoms with Crippen molar-refractivity contribution in [2.75, 3.05) is 30.3 Å². The molecule has 0 aliphatic carbocycles. The Labute approximate surface area is 248 Å². The van der Waals surface area contributed by atoms with E-state index in [0.29, 0.717) is 50.1 Å². The minimum absolute atomic E-state index is 0.0147. The Morgan fingerprint density at radius 1 is 1.12 bits per heavy atom. The molecule has 4 rings (SSSR count). The third-order valence-electron chi connectivity index (χ3n) is 7.94. The molecule has 1 aromatic carbocycles. The van der Waals surface area contributed by atoms with E-state index in [-0.39, 0.29) is 36.3 Å². The summed E-state index contributed by atoms with van der Waals surface area (Å²) in [5.41, 5.74) is -3.35. The van der Waals surface area contributed by atoms with Crippen LogP contribution in [0.25, 0.3) is 0 Å². The van der Waals surface area contributed by atoms with Gasteiger partial charge in [-0.25, -0.2) is 4.79 Å². The van der Waals surface area contributed by atoms with E-state index in [0.717, 1.165) is 0 Å². The highest BCUT2D eigenvalue weighted by Crippen LogP contribution is 2.44. The second kappa shape index (κ2) is 12.3. The molecule has 0 spiro atoms. The molecule has 0 radical (unpaired) electrons. The highest BCUT2D eigenvalue weighted by Gasteiger charge is 2.56. The Bertz CT molecular complexity index is 1410. The summed E-state index contributed by atoms with van der Waals surface area (Å²) < 4.78 is 47.8. The number of nitrogens with zero attached hydrogens (tertiary/aromatic N) is 2. The van der Waals surface area contributed by atoms with Crippen molar-refractivity contribution in [1.29, 1.82) is 10.7 Å². The van der Waals surface area contributed by atoms with Gasteiger partial charge in [-0.15, -0.1) is 0 Å². The number of alkyl halides is 3. The van der Waals surface area contributed by atoms with Crippen LogP contribution in [0.4, 0.5) is 29.3 Å². The van der Waals surface area contributed by atoms with Crippen molar-refractivity contribution in [2.45, 2.75) is 82.2 Å². The number of rotatable bonds is 6. The van der Waals surface area contributed by atoms with Gasteiger partial charge < -0.3 is 25.3 Å². The number of ether oxygens (including phenoxy) is 1. The molecule has 0 saturated carbocycles. The van der Waals surface area contributed by atoms with E-state index in [1.807, 2.05) is 0 Å². The smallest absolute Gasteiger partial charge is 0.410 e. The fourth-order valence-corrected chi connectivity index (χ4v) is 5.66. The third-order valence-corrected chi connectivity index (χ3v) is 7.94. The Morgan fingerprint density at radius 3 is 2.35 bits per heavy atom. The zero-order valence-corrected chi connectivity index (χ0v) is 24.6. The first-order valence-electron chi connectivity index (χ1n) is 14.3. The van der Waals surface area contributed by atoms with Crippen molar-refractivity contribution in [2.24, 2.45) is 0 Å². The van der Waals surface area contributed by atoms with Crippen LogP contribution in [0.3, 0.4) is 0 Å². The lowest BCUT2D eigenvalue weighted by molar-refractivity contribution is -0.207. The van der Waals surface area contributed by atoms with Gasteiger partial charge in [0.2, 0.25) is 0 Å². The lowest BCUT2D eigenvalue weighted by Crippen LogP contribution is -2.56. The number of piperidine rings is 2. The molecule has 1 amide bonds. The number of likely N-dealkylation sites (tertiary alicyclic amines) is 1. The number of benzene rings is 1. The molecule has 3 heterocycles. The predicted molar refractivity (Wildman–Crippen MR) is 157 cm³/mol. The highest BCUT2D eigenvalue weighted by molar-refractivity contribution is 6.09. The van der Waals surface area contributed by atoms with E-state index in [2.05, 4.69) is 27.0 Å². The van der Waals surface area contributed by atoms with Crippen LogP contribution in [0.2, 0.25) is 0 Å². The average molecular weight is 602 g/mol. The van der Waals surface area contributed by atoms with E-state index < -0.39 is 34.5 Å². The number of nitrogens with one attached hydrogen (secondary N) is 5. The number of amides is 1. The topological polar surface area (TPSA) is 146 Å². The zero-order valence-electron chi connectivity index (χ0n) is 24.6. The van der Waals surface area contributed by atoms with Crippen molar-refractivity contribution in [3.8, 4) is 6.07 Å². The number of nitriles is 1. The van der Waals surface area contributed by atoms with Crippen LogP contribution in [0.5, 0.6) is 0 Å². The van der Waals surface area contributed by atoms with Crippen LogP contribution < -0.4 is 21.5 Å². The maximum atomic E-state index is 14.1. The van der Waals surface area contributed by atoms with Crippen LogP contribution >= 0.6 is 0 Å². The Hall–Kier alpha value is -4.05. The number of hydrogen-bond acceptors (Lipinski definition) is 7. The zero-order chi connectivity index (χ0) is 31.5. The van der Waals surface area contributed by atoms with Crippen molar-refractivity contribution in [3.63, 3.8) is 0 Å². The molecule has 10 nitrogen and oxygen atoms in total. The first kappa shape index (κ1) is 31.9. The van der Waals surface area contributed by atoms with Gasteiger partial charge in [0.25, 0.3) is 5.56 Å². The van der Waals surface area contributed by atoms with E-state index in [4.69, 9.17) is 10.1 Å². The standard InChI is InChI=1S/C30H38F3N7O3/c1-27(2,3)43-26(42)40-18-13-28(12-15-34,14-19-40)39-22-10-17-36-25(41)23(22)24(35)38-21-8-6-20(7-9-21)29(30(31,32)33)11-4-5-16-37-29/h6-10,17,37H,4-5,11-14,16,18-19H2,1-3H3,(H2,35,38)(H2,36,39,41). The number of pyridine rings is 1. The number of aromatic nitrogens is 1. The fourth-order valence-electron chi connectivity index (χ4n) is 5.66. The van der Waals surface area contributed by atoms with Crippen LogP contribution in [-0.2, 0) is 10.3 Å². The predicted octanol–water partition coefficient (Wildman–Crippen LogP) is 5.44. The van der Waals surface area contributed by atoms with Gasteiger partial charge in [-0.05, 0) is 83.2 Å². The highest BCUT2D eigenvalue weighted by atomic mass is 19.4. The SMILES string of the molecule is CC(C)(C)OC(=O)N1CCC(CC#N)(Nc2cc[nH]c(=O)c2C(=N)Nc2ccc(C3(C(F)(F)F)CCCCN3)cc2)CC1. The lowest BCUT2D eigenvalue weighted by Gasteiger charge is -2.42.